The first-order chi connectivity index (χ1) is 10.6. The summed E-state index contributed by atoms with van der Waals surface area (Å²) in [7, 11) is 0. The molecule has 1 atom stereocenters. The molecule has 1 unspecified atom stereocenters. The van der Waals surface area contributed by atoms with Gasteiger partial charge in [-0.1, -0.05) is 44.4 Å². The third-order valence-electron chi connectivity index (χ3n) is 5.57. The molecule has 1 aromatic carbocycles. The van der Waals surface area contributed by atoms with Crippen molar-refractivity contribution in [2.24, 2.45) is 0 Å². The molecule has 0 amide bonds. The van der Waals surface area contributed by atoms with Crippen LogP contribution in [-0.2, 0) is 4.79 Å². The molecule has 22 heavy (non-hydrogen) atoms. The van der Waals surface area contributed by atoms with Crippen molar-refractivity contribution in [2.75, 3.05) is 11.4 Å². The van der Waals surface area contributed by atoms with Crippen LogP contribution < -0.4 is 4.90 Å². The number of rotatable bonds is 4. The minimum Gasteiger partial charge on any atom is -0.481 e. The van der Waals surface area contributed by atoms with E-state index in [1.165, 1.54) is 49.8 Å². The molecule has 2 aliphatic rings. The molecule has 3 rings (SSSR count). The Bertz CT molecular complexity index is 534. The number of carboxylic acids is 1. The first kappa shape index (κ1) is 15.4. The maximum atomic E-state index is 10.9. The Hall–Kier alpha value is -1.51. The number of anilines is 1. The van der Waals surface area contributed by atoms with Gasteiger partial charge in [0.1, 0.15) is 0 Å². The Labute approximate surface area is 133 Å². The lowest BCUT2D eigenvalue weighted by atomic mass is 9.70. The van der Waals surface area contributed by atoms with Crippen LogP contribution in [0.2, 0.25) is 0 Å². The van der Waals surface area contributed by atoms with Crippen molar-refractivity contribution in [1.29, 1.82) is 0 Å². The SMILES string of the molecule is CC1CC2(CCCCC2)N(CCCC(=O)O)c2ccccc21. The number of hydrogen-bond donors (Lipinski definition) is 1. The van der Waals surface area contributed by atoms with E-state index in [-0.39, 0.29) is 12.0 Å². The number of hydrogen-bond acceptors (Lipinski definition) is 2. The summed E-state index contributed by atoms with van der Waals surface area (Å²) in [6.07, 6.45) is 8.72. The van der Waals surface area contributed by atoms with Crippen LogP contribution in [0.4, 0.5) is 5.69 Å². The van der Waals surface area contributed by atoms with Gasteiger partial charge in [-0.3, -0.25) is 4.79 Å². The van der Waals surface area contributed by atoms with Gasteiger partial charge in [0.15, 0.2) is 0 Å². The predicted molar refractivity (Wildman–Crippen MR) is 89.5 cm³/mol. The van der Waals surface area contributed by atoms with Gasteiger partial charge in [0, 0.05) is 24.2 Å². The van der Waals surface area contributed by atoms with Crippen molar-refractivity contribution in [3.63, 3.8) is 0 Å². The summed E-state index contributed by atoms with van der Waals surface area (Å²) in [5, 5.41) is 8.96. The van der Waals surface area contributed by atoms with Gasteiger partial charge >= 0.3 is 5.97 Å². The average Bonchev–Trinajstić information content (AvgIpc) is 2.51. The molecule has 1 spiro atoms. The summed E-state index contributed by atoms with van der Waals surface area (Å²) < 4.78 is 0. The summed E-state index contributed by atoms with van der Waals surface area (Å²) in [5.41, 5.74) is 3.06. The standard InChI is InChI=1S/C19H27NO2/c1-15-14-19(11-5-2-6-12-19)20(13-7-10-18(21)22)17-9-4-3-8-16(15)17/h3-4,8-9,15H,2,5-7,10-14H2,1H3,(H,21,22). The highest BCUT2D eigenvalue weighted by Gasteiger charge is 2.43. The molecule has 1 N–H and O–H groups in total. The molecule has 0 saturated heterocycles. The van der Waals surface area contributed by atoms with E-state index in [1.54, 1.807) is 0 Å². The predicted octanol–water partition coefficient (Wildman–Crippen LogP) is 4.57. The van der Waals surface area contributed by atoms with Crippen molar-refractivity contribution >= 4 is 11.7 Å². The van der Waals surface area contributed by atoms with Crippen molar-refractivity contribution in [1.82, 2.24) is 0 Å². The quantitative estimate of drug-likeness (QED) is 0.885. The molecule has 0 aromatic heterocycles. The second-order valence-corrected chi connectivity index (χ2v) is 7.10. The smallest absolute Gasteiger partial charge is 0.303 e. The van der Waals surface area contributed by atoms with Crippen LogP contribution in [0.1, 0.15) is 69.8 Å². The molecule has 1 aromatic rings. The monoisotopic (exact) mass is 301 g/mol. The molecule has 1 aliphatic carbocycles. The Balaban J connectivity index is 1.90. The minimum atomic E-state index is -0.684. The zero-order valence-corrected chi connectivity index (χ0v) is 13.6. The molecule has 1 heterocycles. The summed E-state index contributed by atoms with van der Waals surface area (Å²) in [5.74, 6) is -0.0821. The maximum Gasteiger partial charge on any atom is 0.303 e. The number of fused-ring (bicyclic) bond motifs is 1. The highest BCUT2D eigenvalue weighted by atomic mass is 16.4. The van der Waals surface area contributed by atoms with Gasteiger partial charge in [0.05, 0.1) is 0 Å². The number of benzene rings is 1. The van der Waals surface area contributed by atoms with E-state index in [2.05, 4.69) is 36.1 Å². The van der Waals surface area contributed by atoms with Gasteiger partial charge in [-0.15, -0.1) is 0 Å². The van der Waals surface area contributed by atoms with E-state index in [4.69, 9.17) is 5.11 Å². The van der Waals surface area contributed by atoms with Gasteiger partial charge < -0.3 is 10.0 Å². The second-order valence-electron chi connectivity index (χ2n) is 7.10. The van der Waals surface area contributed by atoms with Crippen LogP contribution in [0.15, 0.2) is 24.3 Å². The fourth-order valence-corrected chi connectivity index (χ4v) is 4.63. The average molecular weight is 301 g/mol. The van der Waals surface area contributed by atoms with Crippen molar-refractivity contribution in [3.8, 4) is 0 Å². The Morgan fingerprint density at radius 1 is 1.27 bits per heavy atom. The number of aliphatic carboxylic acids is 1. The molecule has 120 valence electrons. The first-order valence-electron chi connectivity index (χ1n) is 8.71. The van der Waals surface area contributed by atoms with Crippen LogP contribution in [0.5, 0.6) is 0 Å². The zero-order valence-electron chi connectivity index (χ0n) is 13.6. The van der Waals surface area contributed by atoms with Gasteiger partial charge in [-0.2, -0.15) is 0 Å². The normalized spacial score (nSPS) is 23.3. The van der Waals surface area contributed by atoms with E-state index in [1.807, 2.05) is 0 Å². The Morgan fingerprint density at radius 2 is 2.00 bits per heavy atom. The molecule has 3 nitrogen and oxygen atoms in total. The lowest BCUT2D eigenvalue weighted by Crippen LogP contribution is -2.54. The lowest BCUT2D eigenvalue weighted by molar-refractivity contribution is -0.137. The topological polar surface area (TPSA) is 40.5 Å². The van der Waals surface area contributed by atoms with Crippen LogP contribution in [0.25, 0.3) is 0 Å². The van der Waals surface area contributed by atoms with E-state index < -0.39 is 5.97 Å². The number of carbonyl (C=O) groups is 1. The maximum absolute atomic E-state index is 10.9. The molecule has 3 heteroatoms. The van der Waals surface area contributed by atoms with E-state index in [0.717, 1.165) is 13.0 Å². The number of para-hydroxylation sites is 1. The van der Waals surface area contributed by atoms with Crippen LogP contribution in [0, 0.1) is 0 Å². The Morgan fingerprint density at radius 3 is 2.73 bits per heavy atom. The van der Waals surface area contributed by atoms with E-state index >= 15 is 0 Å². The van der Waals surface area contributed by atoms with Crippen molar-refractivity contribution in [2.45, 2.75) is 69.7 Å². The van der Waals surface area contributed by atoms with Crippen LogP contribution in [0.3, 0.4) is 0 Å². The Kier molecular flexibility index (Phi) is 4.42. The van der Waals surface area contributed by atoms with Gasteiger partial charge in [0.25, 0.3) is 0 Å². The summed E-state index contributed by atoms with van der Waals surface area (Å²) in [4.78, 5) is 13.5. The molecular formula is C19H27NO2. The summed E-state index contributed by atoms with van der Waals surface area (Å²) in [6.45, 7) is 3.22. The first-order valence-corrected chi connectivity index (χ1v) is 8.71. The molecule has 1 saturated carbocycles. The third kappa shape index (κ3) is 2.86. The fraction of sp³-hybridized carbons (Fsp3) is 0.632. The minimum absolute atomic E-state index is 0.268. The second kappa shape index (κ2) is 6.31. The van der Waals surface area contributed by atoms with E-state index in [9.17, 15) is 4.79 Å². The zero-order chi connectivity index (χ0) is 15.6. The van der Waals surface area contributed by atoms with Crippen LogP contribution in [-0.4, -0.2) is 23.2 Å². The van der Waals surface area contributed by atoms with Crippen molar-refractivity contribution < 1.29 is 9.90 Å². The van der Waals surface area contributed by atoms with Crippen molar-refractivity contribution in [3.05, 3.63) is 29.8 Å². The van der Waals surface area contributed by atoms with Crippen LogP contribution >= 0.6 is 0 Å². The highest BCUT2D eigenvalue weighted by Crippen LogP contribution is 2.49. The highest BCUT2D eigenvalue weighted by molar-refractivity contribution is 5.67. The van der Waals surface area contributed by atoms with Gasteiger partial charge in [0.2, 0.25) is 0 Å². The molecule has 0 bridgehead atoms. The summed E-state index contributed by atoms with van der Waals surface area (Å²) in [6, 6.07) is 8.74. The third-order valence-corrected chi connectivity index (χ3v) is 5.57. The molecule has 1 aliphatic heterocycles. The lowest BCUT2D eigenvalue weighted by Gasteiger charge is -2.53. The largest absolute Gasteiger partial charge is 0.481 e. The van der Waals surface area contributed by atoms with Gasteiger partial charge in [-0.05, 0) is 43.2 Å². The number of carboxylic acid groups (broad SMARTS) is 1. The fourth-order valence-electron chi connectivity index (χ4n) is 4.63. The summed E-state index contributed by atoms with van der Waals surface area (Å²) >= 11 is 0. The van der Waals surface area contributed by atoms with Gasteiger partial charge in [-0.25, -0.2) is 0 Å². The molecule has 1 fully saturated rings. The molecule has 0 radical (unpaired) electrons. The van der Waals surface area contributed by atoms with E-state index in [0.29, 0.717) is 5.92 Å². The number of nitrogens with zero attached hydrogens (tertiary/aromatic N) is 1. The molecular weight excluding hydrogens is 274 g/mol.